The number of carbonyl (C=O) groups is 4. The zero-order valence-corrected chi connectivity index (χ0v) is 19.1. The number of ketones is 1. The Kier molecular flexibility index (Phi) is 5.85. The monoisotopic (exact) mass is 474 g/mol. The Hall–Kier alpha value is -3.98. The number of Topliss-reactive ketones (excluding diaryl/α,β-unsaturated/α-hetero) is 1. The van der Waals surface area contributed by atoms with Crippen molar-refractivity contribution in [2.45, 2.75) is 0 Å². The Labute approximate surface area is 200 Å². The van der Waals surface area contributed by atoms with Crippen molar-refractivity contribution in [3.63, 3.8) is 0 Å². The van der Waals surface area contributed by atoms with Crippen LogP contribution in [0.25, 0.3) is 0 Å². The fourth-order valence-electron chi connectivity index (χ4n) is 4.23. The van der Waals surface area contributed by atoms with Gasteiger partial charge in [0.2, 0.25) is 5.91 Å². The number of thiophene rings is 1. The second-order valence-electron chi connectivity index (χ2n) is 8.09. The van der Waals surface area contributed by atoms with Gasteiger partial charge in [0, 0.05) is 37.6 Å². The van der Waals surface area contributed by atoms with Crippen molar-refractivity contribution < 1.29 is 19.2 Å². The fourth-order valence-corrected chi connectivity index (χ4v) is 4.92. The number of hydrogen-bond donors (Lipinski definition) is 1. The molecule has 0 saturated carbocycles. The van der Waals surface area contributed by atoms with Gasteiger partial charge in [-0.05, 0) is 47.8 Å². The molecule has 2 aliphatic heterocycles. The van der Waals surface area contributed by atoms with Gasteiger partial charge < -0.3 is 15.1 Å². The first-order chi connectivity index (χ1) is 16.5. The molecule has 2 aliphatic rings. The van der Waals surface area contributed by atoms with E-state index in [1.165, 1.54) is 16.2 Å². The average Bonchev–Trinajstić information content (AvgIpc) is 3.48. The van der Waals surface area contributed by atoms with Gasteiger partial charge >= 0.3 is 0 Å². The van der Waals surface area contributed by atoms with Crippen LogP contribution in [-0.4, -0.2) is 61.1 Å². The molecule has 1 N–H and O–H groups in total. The van der Waals surface area contributed by atoms with Gasteiger partial charge in [0.1, 0.15) is 6.54 Å². The summed E-state index contributed by atoms with van der Waals surface area (Å²) in [5.41, 5.74) is 2.39. The number of piperazine rings is 1. The van der Waals surface area contributed by atoms with Gasteiger partial charge in [0.25, 0.3) is 17.6 Å². The first-order valence-electron chi connectivity index (χ1n) is 10.9. The Bertz CT molecular complexity index is 1250. The fraction of sp³-hybridized carbons (Fsp3) is 0.200. The first-order valence-corrected chi connectivity index (χ1v) is 11.8. The lowest BCUT2D eigenvalue weighted by Crippen LogP contribution is -2.48. The van der Waals surface area contributed by atoms with Crippen molar-refractivity contribution in [3.8, 4) is 0 Å². The maximum atomic E-state index is 12.6. The number of nitrogens with zero attached hydrogens (tertiary/aromatic N) is 3. The molecule has 0 radical (unpaired) electrons. The van der Waals surface area contributed by atoms with Crippen LogP contribution in [-0.2, 0) is 9.59 Å². The number of benzene rings is 2. The van der Waals surface area contributed by atoms with Gasteiger partial charge in [-0.3, -0.25) is 24.1 Å². The molecule has 5 rings (SSSR count). The maximum absolute atomic E-state index is 12.6. The van der Waals surface area contributed by atoms with Crippen molar-refractivity contribution in [1.29, 1.82) is 0 Å². The summed E-state index contributed by atoms with van der Waals surface area (Å²) in [7, 11) is 0. The van der Waals surface area contributed by atoms with E-state index in [1.807, 2.05) is 34.5 Å². The highest BCUT2D eigenvalue weighted by Crippen LogP contribution is 2.28. The van der Waals surface area contributed by atoms with E-state index in [-0.39, 0.29) is 18.4 Å². The molecule has 3 heterocycles. The third kappa shape index (κ3) is 4.17. The summed E-state index contributed by atoms with van der Waals surface area (Å²) >= 11 is 1.46. The molecular formula is C25H22N4O4S. The first kappa shape index (κ1) is 21.8. The van der Waals surface area contributed by atoms with E-state index in [1.54, 1.807) is 36.4 Å². The van der Waals surface area contributed by atoms with Crippen molar-refractivity contribution in [2.24, 2.45) is 0 Å². The second kappa shape index (κ2) is 9.11. The molecule has 3 amide bonds. The van der Waals surface area contributed by atoms with Crippen LogP contribution in [0.15, 0.2) is 66.0 Å². The largest absolute Gasteiger partial charge is 0.368 e. The van der Waals surface area contributed by atoms with Crippen LogP contribution < -0.4 is 15.1 Å². The van der Waals surface area contributed by atoms with Crippen LogP contribution in [0, 0.1) is 0 Å². The van der Waals surface area contributed by atoms with E-state index < -0.39 is 11.7 Å². The highest BCUT2D eigenvalue weighted by molar-refractivity contribution is 7.12. The molecule has 9 heteroatoms. The predicted octanol–water partition coefficient (Wildman–Crippen LogP) is 2.88. The van der Waals surface area contributed by atoms with Gasteiger partial charge in [-0.25, -0.2) is 0 Å². The minimum absolute atomic E-state index is 0.0773. The van der Waals surface area contributed by atoms with Crippen molar-refractivity contribution in [2.75, 3.05) is 47.8 Å². The molecule has 0 atom stereocenters. The number of fused-ring (bicyclic) bond motifs is 1. The van der Waals surface area contributed by atoms with Crippen LogP contribution in [0.5, 0.6) is 0 Å². The Morgan fingerprint density at radius 3 is 2.32 bits per heavy atom. The van der Waals surface area contributed by atoms with E-state index in [2.05, 4.69) is 10.2 Å². The van der Waals surface area contributed by atoms with Gasteiger partial charge in [0.05, 0.1) is 16.1 Å². The second-order valence-corrected chi connectivity index (χ2v) is 9.04. The zero-order chi connectivity index (χ0) is 23.7. The van der Waals surface area contributed by atoms with Gasteiger partial charge in [0.15, 0.2) is 0 Å². The van der Waals surface area contributed by atoms with E-state index in [0.29, 0.717) is 30.0 Å². The summed E-state index contributed by atoms with van der Waals surface area (Å²) in [6, 6.07) is 17.9. The Morgan fingerprint density at radius 1 is 0.882 bits per heavy atom. The SMILES string of the molecule is O=C(CN1C(=O)C(=O)c2ccccc21)Nc1ccc(N2CCN(C(=O)c3cccs3)CC2)cc1. The normalized spacial score (nSPS) is 15.5. The molecular weight excluding hydrogens is 452 g/mol. The molecule has 1 saturated heterocycles. The quantitative estimate of drug-likeness (QED) is 0.575. The lowest BCUT2D eigenvalue weighted by Gasteiger charge is -2.36. The maximum Gasteiger partial charge on any atom is 0.299 e. The molecule has 0 spiro atoms. The van der Waals surface area contributed by atoms with Gasteiger partial charge in [-0.15, -0.1) is 11.3 Å². The predicted molar refractivity (Wildman–Crippen MR) is 131 cm³/mol. The molecule has 1 fully saturated rings. The average molecular weight is 475 g/mol. The third-order valence-electron chi connectivity index (χ3n) is 6.00. The zero-order valence-electron chi connectivity index (χ0n) is 18.3. The molecule has 0 bridgehead atoms. The number of para-hydroxylation sites is 1. The Morgan fingerprint density at radius 2 is 1.62 bits per heavy atom. The molecule has 1 aromatic heterocycles. The molecule has 2 aromatic carbocycles. The van der Waals surface area contributed by atoms with Crippen molar-refractivity contribution in [1.82, 2.24) is 4.90 Å². The molecule has 8 nitrogen and oxygen atoms in total. The molecule has 0 aliphatic carbocycles. The lowest BCUT2D eigenvalue weighted by molar-refractivity contribution is -0.118. The highest BCUT2D eigenvalue weighted by atomic mass is 32.1. The van der Waals surface area contributed by atoms with E-state index in [9.17, 15) is 19.2 Å². The standard InChI is InChI=1S/C25H22N4O4S/c30-22(16-29-20-5-2-1-4-19(20)23(31)25(29)33)26-17-7-9-18(10-8-17)27-11-13-28(14-12-27)24(32)21-6-3-15-34-21/h1-10,15H,11-14,16H2,(H,26,30). The molecule has 34 heavy (non-hydrogen) atoms. The highest BCUT2D eigenvalue weighted by Gasteiger charge is 2.36. The summed E-state index contributed by atoms with van der Waals surface area (Å²) in [5.74, 6) is -1.59. The van der Waals surface area contributed by atoms with E-state index in [0.717, 1.165) is 23.7 Å². The topological polar surface area (TPSA) is 90.0 Å². The number of carbonyl (C=O) groups excluding carboxylic acids is 4. The van der Waals surface area contributed by atoms with Crippen LogP contribution in [0.4, 0.5) is 17.1 Å². The van der Waals surface area contributed by atoms with Crippen LogP contribution in [0.1, 0.15) is 20.0 Å². The number of amides is 3. The lowest BCUT2D eigenvalue weighted by atomic mass is 10.1. The van der Waals surface area contributed by atoms with Crippen LogP contribution in [0.3, 0.4) is 0 Å². The molecule has 0 unspecified atom stereocenters. The summed E-state index contributed by atoms with van der Waals surface area (Å²) in [6.45, 7) is 2.53. The number of rotatable bonds is 5. The summed E-state index contributed by atoms with van der Waals surface area (Å²) in [4.78, 5) is 55.5. The summed E-state index contributed by atoms with van der Waals surface area (Å²) in [5, 5.41) is 4.70. The van der Waals surface area contributed by atoms with E-state index in [4.69, 9.17) is 0 Å². The minimum Gasteiger partial charge on any atom is -0.368 e. The third-order valence-corrected chi connectivity index (χ3v) is 6.85. The molecule has 172 valence electrons. The minimum atomic E-state index is -0.691. The Balaban J connectivity index is 1.16. The van der Waals surface area contributed by atoms with Crippen molar-refractivity contribution in [3.05, 3.63) is 76.5 Å². The number of nitrogens with one attached hydrogen (secondary N) is 1. The summed E-state index contributed by atoms with van der Waals surface area (Å²) < 4.78 is 0. The van der Waals surface area contributed by atoms with Crippen LogP contribution >= 0.6 is 11.3 Å². The number of anilines is 3. The van der Waals surface area contributed by atoms with E-state index >= 15 is 0 Å². The number of hydrogen-bond acceptors (Lipinski definition) is 6. The summed E-state index contributed by atoms with van der Waals surface area (Å²) in [6.07, 6.45) is 0. The smallest absolute Gasteiger partial charge is 0.299 e. The van der Waals surface area contributed by atoms with Gasteiger partial charge in [-0.2, -0.15) is 0 Å². The van der Waals surface area contributed by atoms with Crippen molar-refractivity contribution >= 4 is 51.9 Å². The molecule has 3 aromatic rings. The van der Waals surface area contributed by atoms with Crippen LogP contribution in [0.2, 0.25) is 0 Å². The van der Waals surface area contributed by atoms with Gasteiger partial charge in [-0.1, -0.05) is 18.2 Å².